The first-order chi connectivity index (χ1) is 12.4. The van der Waals surface area contributed by atoms with Crippen LogP contribution in [-0.2, 0) is 20.1 Å². The Morgan fingerprint density at radius 2 is 1.96 bits per heavy atom. The van der Waals surface area contributed by atoms with Gasteiger partial charge in [0.05, 0.1) is 17.4 Å². The van der Waals surface area contributed by atoms with Crippen molar-refractivity contribution < 1.29 is 0 Å². The average Bonchev–Trinajstić information content (AvgIpc) is 3.20. The minimum atomic E-state index is -0.255. The maximum atomic E-state index is 12.5. The molecule has 4 rings (SSSR count). The van der Waals surface area contributed by atoms with E-state index in [1.54, 1.807) is 11.6 Å². The average molecular weight is 368 g/mol. The fourth-order valence-corrected chi connectivity index (χ4v) is 4.32. The smallest absolute Gasteiger partial charge is 0.284 e. The first-order valence-corrected chi connectivity index (χ1v) is 9.40. The Morgan fingerprint density at radius 1 is 1.19 bits per heavy atom. The first-order valence-electron chi connectivity index (χ1n) is 8.58. The van der Waals surface area contributed by atoms with Gasteiger partial charge in [-0.1, -0.05) is 32.0 Å². The molecule has 4 aromatic rings. The minimum Gasteiger partial charge on any atom is -0.284 e. The Kier molecular flexibility index (Phi) is 4.03. The minimum absolute atomic E-state index is 0.238. The largest absolute Gasteiger partial charge is 0.331 e. The number of nitrogens with zero attached hydrogens (tertiary/aromatic N) is 4. The summed E-state index contributed by atoms with van der Waals surface area (Å²) in [5.74, 6) is 0.315. The molecule has 0 saturated heterocycles. The van der Waals surface area contributed by atoms with Gasteiger partial charge in [0.25, 0.3) is 5.56 Å². The lowest BCUT2D eigenvalue weighted by Crippen LogP contribution is -2.38. The van der Waals surface area contributed by atoms with Crippen molar-refractivity contribution in [3.63, 3.8) is 0 Å². The molecule has 0 amide bonds. The van der Waals surface area contributed by atoms with E-state index in [1.165, 1.54) is 15.9 Å². The highest BCUT2D eigenvalue weighted by atomic mass is 32.1. The molecule has 134 valence electrons. The van der Waals surface area contributed by atoms with Gasteiger partial charge in [-0.05, 0) is 18.1 Å². The number of fused-ring (bicyclic) bond motifs is 2. The van der Waals surface area contributed by atoms with Crippen LogP contribution in [0.25, 0.3) is 21.1 Å². The fourth-order valence-electron chi connectivity index (χ4n) is 3.18. The summed E-state index contributed by atoms with van der Waals surface area (Å²) in [4.78, 5) is 26.8. The molecule has 7 heteroatoms. The Morgan fingerprint density at radius 3 is 2.69 bits per heavy atom. The lowest BCUT2D eigenvalue weighted by molar-refractivity contribution is 0.504. The van der Waals surface area contributed by atoms with Crippen LogP contribution < -0.4 is 11.2 Å². The second-order valence-corrected chi connectivity index (χ2v) is 8.08. The van der Waals surface area contributed by atoms with Crippen LogP contribution in [-0.4, -0.2) is 18.9 Å². The molecule has 0 spiro atoms. The predicted molar refractivity (Wildman–Crippen MR) is 105 cm³/mol. The number of hydrogen-bond donors (Lipinski definition) is 0. The quantitative estimate of drug-likeness (QED) is 0.556. The lowest BCUT2D eigenvalue weighted by Gasteiger charge is -2.11. The number of aromatic nitrogens is 4. The molecule has 0 atom stereocenters. The van der Waals surface area contributed by atoms with Gasteiger partial charge in [0.2, 0.25) is 0 Å². The van der Waals surface area contributed by atoms with Gasteiger partial charge in [-0.25, -0.2) is 4.79 Å². The maximum absolute atomic E-state index is 12.5. The van der Waals surface area contributed by atoms with E-state index in [1.807, 2.05) is 41.2 Å². The summed E-state index contributed by atoms with van der Waals surface area (Å²) in [6.07, 6.45) is 2.00. The molecule has 0 unspecified atom stereocenters. The Hall–Kier alpha value is -2.67. The van der Waals surface area contributed by atoms with Gasteiger partial charge in [0.1, 0.15) is 4.83 Å². The van der Waals surface area contributed by atoms with Gasteiger partial charge < -0.3 is 0 Å². The number of rotatable bonds is 4. The topological polar surface area (TPSA) is 61.8 Å². The van der Waals surface area contributed by atoms with Crippen molar-refractivity contribution in [1.29, 1.82) is 0 Å². The molecule has 1 aromatic carbocycles. The summed E-state index contributed by atoms with van der Waals surface area (Å²) in [6, 6.07) is 9.85. The predicted octanol–water partition coefficient (Wildman–Crippen LogP) is 2.82. The summed E-state index contributed by atoms with van der Waals surface area (Å²) >= 11 is 1.50. The lowest BCUT2D eigenvalue weighted by atomic mass is 10.2. The van der Waals surface area contributed by atoms with Crippen LogP contribution in [0.4, 0.5) is 0 Å². The van der Waals surface area contributed by atoms with Crippen molar-refractivity contribution in [3.05, 3.63) is 62.2 Å². The van der Waals surface area contributed by atoms with Crippen molar-refractivity contribution in [3.8, 4) is 0 Å². The molecule has 3 heterocycles. The number of hydrogen-bond acceptors (Lipinski definition) is 4. The molecule has 0 aliphatic heterocycles. The van der Waals surface area contributed by atoms with Gasteiger partial charge in [0, 0.05) is 30.1 Å². The third-order valence-electron chi connectivity index (χ3n) is 4.39. The van der Waals surface area contributed by atoms with Crippen molar-refractivity contribution in [2.75, 3.05) is 0 Å². The zero-order valence-electron chi connectivity index (χ0n) is 15.0. The standard InChI is InChI=1S/C19H20N4O2S/c1-12(2)9-23-18-15(17(24)21(3)19(23)25)8-14(26-18)11-22-10-13-6-4-5-7-16(13)20-22/h4-8,10,12H,9,11H2,1-3H3. The van der Waals surface area contributed by atoms with Crippen LogP contribution >= 0.6 is 11.3 Å². The molecule has 0 N–H and O–H groups in total. The van der Waals surface area contributed by atoms with E-state index < -0.39 is 0 Å². The van der Waals surface area contributed by atoms with Crippen LogP contribution in [0, 0.1) is 5.92 Å². The summed E-state index contributed by atoms with van der Waals surface area (Å²) < 4.78 is 4.79. The fraction of sp³-hybridized carbons (Fsp3) is 0.316. The Labute approximate surface area is 153 Å². The van der Waals surface area contributed by atoms with E-state index >= 15 is 0 Å². The second kappa shape index (κ2) is 6.25. The molecule has 0 radical (unpaired) electrons. The van der Waals surface area contributed by atoms with Crippen LogP contribution in [0.15, 0.2) is 46.1 Å². The summed E-state index contributed by atoms with van der Waals surface area (Å²) in [6.45, 7) is 5.29. The number of thiophene rings is 1. The zero-order valence-corrected chi connectivity index (χ0v) is 15.8. The highest BCUT2D eigenvalue weighted by Gasteiger charge is 2.16. The number of benzene rings is 1. The monoisotopic (exact) mass is 368 g/mol. The molecular weight excluding hydrogens is 348 g/mol. The van der Waals surface area contributed by atoms with Gasteiger partial charge in [-0.2, -0.15) is 5.10 Å². The van der Waals surface area contributed by atoms with E-state index in [0.29, 0.717) is 24.4 Å². The highest BCUT2D eigenvalue weighted by molar-refractivity contribution is 7.18. The van der Waals surface area contributed by atoms with Crippen LogP contribution in [0.3, 0.4) is 0 Å². The van der Waals surface area contributed by atoms with Gasteiger partial charge in [-0.3, -0.25) is 18.6 Å². The van der Waals surface area contributed by atoms with Crippen LogP contribution in [0.5, 0.6) is 0 Å². The van der Waals surface area contributed by atoms with E-state index in [0.717, 1.165) is 20.6 Å². The van der Waals surface area contributed by atoms with E-state index in [-0.39, 0.29) is 11.2 Å². The first kappa shape index (κ1) is 16.8. The van der Waals surface area contributed by atoms with E-state index in [9.17, 15) is 9.59 Å². The SMILES string of the molecule is CC(C)Cn1c(=O)n(C)c(=O)c2cc(Cn3cc4ccccc4n3)sc21. The third-order valence-corrected chi connectivity index (χ3v) is 5.53. The van der Waals surface area contributed by atoms with E-state index in [2.05, 4.69) is 18.9 Å². The molecule has 0 aliphatic carbocycles. The molecule has 3 aromatic heterocycles. The molecule has 0 fully saturated rings. The molecule has 0 aliphatic rings. The highest BCUT2D eigenvalue weighted by Crippen LogP contribution is 2.24. The molecule has 0 bridgehead atoms. The molecule has 6 nitrogen and oxygen atoms in total. The van der Waals surface area contributed by atoms with Gasteiger partial charge in [0.15, 0.2) is 0 Å². The van der Waals surface area contributed by atoms with E-state index in [4.69, 9.17) is 0 Å². The second-order valence-electron chi connectivity index (χ2n) is 6.97. The van der Waals surface area contributed by atoms with Crippen LogP contribution in [0.1, 0.15) is 18.7 Å². The van der Waals surface area contributed by atoms with Gasteiger partial charge >= 0.3 is 5.69 Å². The zero-order chi connectivity index (χ0) is 18.4. The third kappa shape index (κ3) is 2.78. The van der Waals surface area contributed by atoms with Crippen molar-refractivity contribution in [2.45, 2.75) is 26.9 Å². The normalized spacial score (nSPS) is 11.8. The Bertz CT molecular complexity index is 1190. The van der Waals surface area contributed by atoms with Crippen molar-refractivity contribution in [2.24, 2.45) is 13.0 Å². The Balaban J connectivity index is 1.83. The summed E-state index contributed by atoms with van der Waals surface area (Å²) in [7, 11) is 1.54. The summed E-state index contributed by atoms with van der Waals surface area (Å²) in [5.41, 5.74) is 0.453. The molecular formula is C19H20N4O2S. The van der Waals surface area contributed by atoms with Crippen molar-refractivity contribution >= 4 is 32.5 Å². The maximum Gasteiger partial charge on any atom is 0.331 e. The molecule has 0 saturated carbocycles. The summed E-state index contributed by atoms with van der Waals surface area (Å²) in [5, 5.41) is 6.26. The molecule has 26 heavy (non-hydrogen) atoms. The van der Waals surface area contributed by atoms with Gasteiger partial charge in [-0.15, -0.1) is 11.3 Å². The van der Waals surface area contributed by atoms with Crippen molar-refractivity contribution in [1.82, 2.24) is 18.9 Å². The van der Waals surface area contributed by atoms with Crippen LogP contribution in [0.2, 0.25) is 0 Å².